The van der Waals surface area contributed by atoms with E-state index in [0.717, 1.165) is 65.6 Å². The van der Waals surface area contributed by atoms with Gasteiger partial charge in [-0.25, -0.2) is 0 Å². The summed E-state index contributed by atoms with van der Waals surface area (Å²) in [6, 6.07) is 46.0. The minimum atomic E-state index is 0.447. The van der Waals surface area contributed by atoms with Gasteiger partial charge in [0, 0.05) is 16.3 Å². The van der Waals surface area contributed by atoms with E-state index in [1.54, 1.807) is 0 Å². The molecule has 45 heavy (non-hydrogen) atoms. The van der Waals surface area contributed by atoms with Crippen molar-refractivity contribution in [2.75, 3.05) is 0 Å². The van der Waals surface area contributed by atoms with Crippen molar-refractivity contribution in [3.8, 4) is 11.1 Å². The fourth-order valence-corrected chi connectivity index (χ4v) is 6.55. The number of furan rings is 1. The SMILES string of the molecule is C=C(/C=C\C(=N)c1c2ccccc2c(-c2ccccc2)c2ccccc12)c1cccc2oc3ccc4ccccc4c3c12.CC. The average Bonchev–Trinajstić information content (AvgIpc) is 3.50. The lowest BCUT2D eigenvalue weighted by molar-refractivity contribution is 0.669. The minimum absolute atomic E-state index is 0.447. The largest absolute Gasteiger partial charge is 0.456 e. The molecule has 216 valence electrons. The van der Waals surface area contributed by atoms with Crippen molar-refractivity contribution in [2.45, 2.75) is 13.8 Å². The van der Waals surface area contributed by atoms with Crippen LogP contribution in [0.1, 0.15) is 25.0 Å². The maximum Gasteiger partial charge on any atom is 0.136 e. The van der Waals surface area contributed by atoms with Crippen LogP contribution in [0, 0.1) is 5.41 Å². The predicted octanol–water partition coefficient (Wildman–Crippen LogP) is 12.4. The van der Waals surface area contributed by atoms with Gasteiger partial charge in [0.05, 0.1) is 5.71 Å². The van der Waals surface area contributed by atoms with E-state index in [9.17, 15) is 5.41 Å². The van der Waals surface area contributed by atoms with E-state index in [4.69, 9.17) is 4.42 Å². The summed E-state index contributed by atoms with van der Waals surface area (Å²) in [6.07, 6.45) is 3.85. The van der Waals surface area contributed by atoms with Crippen molar-refractivity contribution in [1.29, 1.82) is 5.41 Å². The summed E-state index contributed by atoms with van der Waals surface area (Å²) in [4.78, 5) is 0. The van der Waals surface area contributed by atoms with E-state index in [-0.39, 0.29) is 0 Å². The zero-order valence-corrected chi connectivity index (χ0v) is 25.5. The minimum Gasteiger partial charge on any atom is -0.456 e. The third-order valence-electron chi connectivity index (χ3n) is 8.45. The predicted molar refractivity (Wildman–Crippen MR) is 194 cm³/mol. The quantitative estimate of drug-likeness (QED) is 0.123. The second-order valence-corrected chi connectivity index (χ2v) is 10.9. The molecule has 0 atom stereocenters. The van der Waals surface area contributed by atoms with Crippen molar-refractivity contribution in [3.05, 3.63) is 163 Å². The summed E-state index contributed by atoms with van der Waals surface area (Å²) in [5.74, 6) is 0. The van der Waals surface area contributed by atoms with Crippen LogP contribution in [0.5, 0.6) is 0 Å². The van der Waals surface area contributed by atoms with Crippen LogP contribution in [0.2, 0.25) is 0 Å². The van der Waals surface area contributed by atoms with E-state index in [2.05, 4.69) is 116 Å². The highest BCUT2D eigenvalue weighted by atomic mass is 16.3. The van der Waals surface area contributed by atoms with E-state index < -0.39 is 0 Å². The van der Waals surface area contributed by atoms with Crippen LogP contribution < -0.4 is 0 Å². The Morgan fingerprint density at radius 1 is 0.556 bits per heavy atom. The third kappa shape index (κ3) is 4.72. The van der Waals surface area contributed by atoms with Gasteiger partial charge in [0.1, 0.15) is 11.2 Å². The Morgan fingerprint density at radius 3 is 1.82 bits per heavy atom. The first-order valence-electron chi connectivity index (χ1n) is 15.5. The Kier molecular flexibility index (Phi) is 7.33. The molecule has 0 saturated carbocycles. The Labute approximate surface area is 263 Å². The Bertz CT molecular complexity index is 2370. The highest BCUT2D eigenvalue weighted by Gasteiger charge is 2.18. The molecule has 8 aromatic rings. The number of rotatable bonds is 5. The summed E-state index contributed by atoms with van der Waals surface area (Å²) < 4.78 is 6.28. The van der Waals surface area contributed by atoms with Crippen LogP contribution >= 0.6 is 0 Å². The molecule has 2 heteroatoms. The molecule has 2 nitrogen and oxygen atoms in total. The van der Waals surface area contributed by atoms with Gasteiger partial charge in [-0.1, -0.05) is 148 Å². The molecule has 0 radical (unpaired) electrons. The average molecular weight is 580 g/mol. The molecular weight excluding hydrogens is 546 g/mol. The highest BCUT2D eigenvalue weighted by Crippen LogP contribution is 2.41. The molecule has 0 spiro atoms. The highest BCUT2D eigenvalue weighted by molar-refractivity contribution is 6.28. The number of fused-ring (bicyclic) bond motifs is 7. The van der Waals surface area contributed by atoms with Crippen LogP contribution in [0.3, 0.4) is 0 Å². The molecule has 0 saturated heterocycles. The zero-order chi connectivity index (χ0) is 30.9. The summed E-state index contributed by atoms with van der Waals surface area (Å²) in [6.45, 7) is 8.46. The summed E-state index contributed by atoms with van der Waals surface area (Å²) in [7, 11) is 0. The standard InChI is InChI=1S/C41H27NO.C2H6/c1-26(29-20-11-21-36-40(29)41-30-15-6-5-12-27(30)23-25-37(41)43-36)22-24-35(42)39-33-18-9-7-16-31(33)38(28-13-3-2-4-14-28)32-17-8-10-19-34(32)39;1-2/h2-25,42H,1H2;1-2H3/b24-22-,42-35?;. The zero-order valence-electron chi connectivity index (χ0n) is 25.5. The van der Waals surface area contributed by atoms with Gasteiger partial charge in [-0.05, 0) is 72.8 Å². The van der Waals surface area contributed by atoms with E-state index >= 15 is 0 Å². The third-order valence-corrected chi connectivity index (χ3v) is 8.45. The lowest BCUT2D eigenvalue weighted by atomic mass is 9.86. The molecule has 8 rings (SSSR count). The maximum absolute atomic E-state index is 9.35. The van der Waals surface area contributed by atoms with Crippen LogP contribution in [0.15, 0.2) is 157 Å². The van der Waals surface area contributed by atoms with Crippen LogP contribution in [0.25, 0.3) is 71.0 Å². The fourth-order valence-electron chi connectivity index (χ4n) is 6.55. The molecule has 0 bridgehead atoms. The number of allylic oxidation sites excluding steroid dienone is 3. The molecule has 0 fully saturated rings. The first-order chi connectivity index (χ1) is 22.2. The summed E-state index contributed by atoms with van der Waals surface area (Å²) in [5.41, 5.74) is 7.28. The number of hydrogen-bond donors (Lipinski definition) is 1. The van der Waals surface area contributed by atoms with Gasteiger partial charge < -0.3 is 9.83 Å². The van der Waals surface area contributed by atoms with Gasteiger partial charge in [0.2, 0.25) is 0 Å². The van der Waals surface area contributed by atoms with Crippen LogP contribution in [0.4, 0.5) is 0 Å². The molecule has 0 aliphatic carbocycles. The first-order valence-corrected chi connectivity index (χ1v) is 15.5. The topological polar surface area (TPSA) is 37.0 Å². The van der Waals surface area contributed by atoms with Crippen molar-refractivity contribution in [2.24, 2.45) is 0 Å². The molecule has 1 aromatic heterocycles. The lowest BCUT2D eigenvalue weighted by Gasteiger charge is -2.17. The molecule has 0 amide bonds. The van der Waals surface area contributed by atoms with Crippen molar-refractivity contribution in [3.63, 3.8) is 0 Å². The molecule has 7 aromatic carbocycles. The van der Waals surface area contributed by atoms with Gasteiger partial charge in [-0.3, -0.25) is 0 Å². The van der Waals surface area contributed by atoms with Gasteiger partial charge in [-0.2, -0.15) is 0 Å². The first kappa shape index (κ1) is 28.1. The van der Waals surface area contributed by atoms with E-state index in [0.29, 0.717) is 5.71 Å². The Morgan fingerprint density at radius 2 is 1.13 bits per heavy atom. The van der Waals surface area contributed by atoms with Gasteiger partial charge in [0.25, 0.3) is 0 Å². The molecule has 1 heterocycles. The normalized spacial score (nSPS) is 11.4. The number of hydrogen-bond acceptors (Lipinski definition) is 2. The molecule has 0 unspecified atom stereocenters. The monoisotopic (exact) mass is 579 g/mol. The molecule has 1 N–H and O–H groups in total. The molecule has 0 aliphatic rings. The van der Waals surface area contributed by atoms with Crippen molar-refractivity contribution >= 4 is 65.5 Å². The van der Waals surface area contributed by atoms with Gasteiger partial charge in [-0.15, -0.1) is 0 Å². The smallest absolute Gasteiger partial charge is 0.136 e. The van der Waals surface area contributed by atoms with Crippen LogP contribution in [-0.4, -0.2) is 5.71 Å². The second kappa shape index (κ2) is 11.7. The molecular formula is C43H33NO. The second-order valence-electron chi connectivity index (χ2n) is 10.9. The summed E-state index contributed by atoms with van der Waals surface area (Å²) in [5, 5.41) is 18.2. The maximum atomic E-state index is 9.35. The summed E-state index contributed by atoms with van der Waals surface area (Å²) >= 11 is 0. The Hall–Kier alpha value is -5.73. The van der Waals surface area contributed by atoms with Gasteiger partial charge >= 0.3 is 0 Å². The van der Waals surface area contributed by atoms with E-state index in [1.165, 1.54) is 16.5 Å². The number of nitrogens with one attached hydrogen (secondary N) is 1. The van der Waals surface area contributed by atoms with Gasteiger partial charge in [0.15, 0.2) is 0 Å². The van der Waals surface area contributed by atoms with Crippen LogP contribution in [-0.2, 0) is 0 Å². The van der Waals surface area contributed by atoms with Crippen molar-refractivity contribution < 1.29 is 4.42 Å². The van der Waals surface area contributed by atoms with E-state index in [1.807, 2.05) is 50.3 Å². The van der Waals surface area contributed by atoms with Crippen molar-refractivity contribution in [1.82, 2.24) is 0 Å². The Balaban J connectivity index is 0.00000160. The fraction of sp³-hybridized carbons (Fsp3) is 0.0465. The lowest BCUT2D eigenvalue weighted by Crippen LogP contribution is -2.00. The molecule has 0 aliphatic heterocycles. The number of benzene rings is 7.